The Kier molecular flexibility index (Phi) is 3.87. The summed E-state index contributed by atoms with van der Waals surface area (Å²) in [6.45, 7) is 9.77. The average molecular weight is 241 g/mol. The van der Waals surface area contributed by atoms with Gasteiger partial charge in [0, 0.05) is 13.1 Å². The fourth-order valence-corrected chi connectivity index (χ4v) is 2.73. The number of morpholine rings is 1. The maximum Gasteiger partial charge on any atom is 0.208 e. The van der Waals surface area contributed by atoms with Crippen LogP contribution in [0.15, 0.2) is 4.99 Å². The Bertz CT molecular complexity index is 315. The molecule has 4 nitrogen and oxygen atoms in total. The third-order valence-corrected chi connectivity index (χ3v) is 3.01. The minimum absolute atomic E-state index is 0.215. The zero-order valence-electron chi connectivity index (χ0n) is 10.6. The molecule has 0 radical (unpaired) electrons. The highest BCUT2D eigenvalue weighted by Crippen LogP contribution is 2.29. The molecule has 0 aromatic heterocycles. The van der Waals surface area contributed by atoms with Crippen LogP contribution in [0.2, 0.25) is 0 Å². The molecule has 90 valence electrons. The third kappa shape index (κ3) is 3.39. The molecule has 0 aromatic carbocycles. The fourth-order valence-electron chi connectivity index (χ4n) is 2.21. The summed E-state index contributed by atoms with van der Waals surface area (Å²) in [5.41, 5.74) is -0.429. The predicted molar refractivity (Wildman–Crippen MR) is 67.4 cm³/mol. The van der Waals surface area contributed by atoms with Crippen LogP contribution in [-0.4, -0.2) is 40.6 Å². The molecule has 0 atom stereocenters. The Labute approximate surface area is 102 Å². The van der Waals surface area contributed by atoms with Gasteiger partial charge >= 0.3 is 0 Å². The van der Waals surface area contributed by atoms with Gasteiger partial charge in [-0.25, -0.2) is 0 Å². The third-order valence-electron chi connectivity index (χ3n) is 2.29. The van der Waals surface area contributed by atoms with Crippen molar-refractivity contribution in [3.8, 4) is 6.19 Å². The zero-order valence-corrected chi connectivity index (χ0v) is 11.4. The summed E-state index contributed by atoms with van der Waals surface area (Å²) >= 11 is 1.50. The van der Waals surface area contributed by atoms with Gasteiger partial charge in [-0.2, -0.15) is 5.26 Å². The fraction of sp³-hybridized carbons (Fsp3) is 0.818. The smallest absolute Gasteiger partial charge is 0.208 e. The van der Waals surface area contributed by atoms with Crippen molar-refractivity contribution >= 4 is 16.9 Å². The first-order chi connectivity index (χ1) is 7.29. The van der Waals surface area contributed by atoms with Gasteiger partial charge in [0.1, 0.15) is 0 Å². The number of aliphatic imine (C=N–C) groups is 1. The van der Waals surface area contributed by atoms with Crippen molar-refractivity contribution in [2.75, 3.05) is 19.3 Å². The van der Waals surface area contributed by atoms with E-state index in [1.165, 1.54) is 11.8 Å². The van der Waals surface area contributed by atoms with Crippen LogP contribution in [0.5, 0.6) is 0 Å². The number of amidine groups is 1. The van der Waals surface area contributed by atoms with Gasteiger partial charge in [-0.3, -0.25) is 0 Å². The van der Waals surface area contributed by atoms with Crippen molar-refractivity contribution in [2.45, 2.75) is 38.9 Å². The van der Waals surface area contributed by atoms with Crippen LogP contribution in [0.1, 0.15) is 27.7 Å². The first-order valence-corrected chi connectivity index (χ1v) is 6.48. The summed E-state index contributed by atoms with van der Waals surface area (Å²) in [4.78, 5) is 5.98. The van der Waals surface area contributed by atoms with Gasteiger partial charge in [0.15, 0.2) is 5.17 Å². The molecule has 1 aliphatic rings. The number of rotatable bonds is 0. The van der Waals surface area contributed by atoms with Crippen molar-refractivity contribution in [1.29, 1.82) is 5.26 Å². The van der Waals surface area contributed by atoms with E-state index < -0.39 is 0 Å². The Morgan fingerprint density at radius 1 is 1.31 bits per heavy atom. The summed E-state index contributed by atoms with van der Waals surface area (Å²) < 4.78 is 5.98. The molecule has 1 fully saturated rings. The molecule has 0 bridgehead atoms. The normalized spacial score (nSPS) is 24.0. The second-order valence-corrected chi connectivity index (χ2v) is 5.95. The molecule has 5 heteroatoms. The SMILES string of the molecule is CSC(=NC#N)N1CC(C)(C)OC(C)(C)C1. The molecule has 0 amide bonds. The van der Waals surface area contributed by atoms with E-state index in [9.17, 15) is 0 Å². The molecule has 1 heterocycles. The molecule has 1 rings (SSSR count). The quantitative estimate of drug-likeness (QED) is 0.370. The van der Waals surface area contributed by atoms with Crippen LogP contribution >= 0.6 is 11.8 Å². The number of hydrogen-bond donors (Lipinski definition) is 0. The summed E-state index contributed by atoms with van der Waals surface area (Å²) in [7, 11) is 0. The van der Waals surface area contributed by atoms with E-state index >= 15 is 0 Å². The highest BCUT2D eigenvalue weighted by Gasteiger charge is 2.39. The maximum atomic E-state index is 8.65. The number of ether oxygens (including phenoxy) is 1. The van der Waals surface area contributed by atoms with Crippen molar-refractivity contribution in [1.82, 2.24) is 4.90 Å². The van der Waals surface area contributed by atoms with Gasteiger partial charge in [-0.15, -0.1) is 4.99 Å². The standard InChI is InChI=1S/C11H19N3OS/c1-10(2)6-14(7-11(3,4)15-10)9(16-5)13-8-12/h6-7H2,1-5H3. The van der Waals surface area contributed by atoms with E-state index in [0.717, 1.165) is 18.3 Å². The molecular weight excluding hydrogens is 222 g/mol. The first kappa shape index (κ1) is 13.3. The number of thioether (sulfide) groups is 1. The molecule has 0 aromatic rings. The summed E-state index contributed by atoms with van der Waals surface area (Å²) in [5, 5.41) is 9.42. The molecule has 0 spiro atoms. The van der Waals surface area contributed by atoms with Crippen LogP contribution in [-0.2, 0) is 4.74 Å². The maximum absolute atomic E-state index is 8.65. The highest BCUT2D eigenvalue weighted by molar-refractivity contribution is 8.13. The molecule has 0 aliphatic carbocycles. The van der Waals surface area contributed by atoms with E-state index in [1.807, 2.05) is 12.4 Å². The van der Waals surface area contributed by atoms with Crippen LogP contribution in [0.3, 0.4) is 0 Å². The largest absolute Gasteiger partial charge is 0.366 e. The Balaban J connectivity index is 2.90. The minimum Gasteiger partial charge on any atom is -0.366 e. The lowest BCUT2D eigenvalue weighted by Crippen LogP contribution is -2.58. The van der Waals surface area contributed by atoms with Crippen molar-refractivity contribution in [3.05, 3.63) is 0 Å². The van der Waals surface area contributed by atoms with E-state index in [2.05, 4.69) is 37.6 Å². The number of nitriles is 1. The monoisotopic (exact) mass is 241 g/mol. The summed E-state index contributed by atoms with van der Waals surface area (Å²) in [5.74, 6) is 0. The Morgan fingerprint density at radius 3 is 2.19 bits per heavy atom. The van der Waals surface area contributed by atoms with E-state index in [0.29, 0.717) is 0 Å². The lowest BCUT2D eigenvalue weighted by Gasteiger charge is -2.47. The highest BCUT2D eigenvalue weighted by atomic mass is 32.2. The predicted octanol–water partition coefficient (Wildman–Crippen LogP) is 2.08. The van der Waals surface area contributed by atoms with Crippen LogP contribution in [0.25, 0.3) is 0 Å². The second kappa shape index (κ2) is 4.64. The minimum atomic E-state index is -0.215. The lowest BCUT2D eigenvalue weighted by molar-refractivity contribution is -0.166. The van der Waals surface area contributed by atoms with Gasteiger partial charge in [-0.1, -0.05) is 11.8 Å². The van der Waals surface area contributed by atoms with Gasteiger partial charge in [0.05, 0.1) is 11.2 Å². The first-order valence-electron chi connectivity index (χ1n) is 5.25. The number of hydrogen-bond acceptors (Lipinski definition) is 4. The van der Waals surface area contributed by atoms with Gasteiger partial charge in [-0.05, 0) is 34.0 Å². The lowest BCUT2D eigenvalue weighted by atomic mass is 9.99. The van der Waals surface area contributed by atoms with Crippen LogP contribution in [0.4, 0.5) is 0 Å². The van der Waals surface area contributed by atoms with E-state index in [-0.39, 0.29) is 11.2 Å². The molecule has 0 saturated carbocycles. The topological polar surface area (TPSA) is 48.6 Å². The molecule has 0 unspecified atom stereocenters. The van der Waals surface area contributed by atoms with Gasteiger partial charge < -0.3 is 9.64 Å². The Morgan fingerprint density at radius 2 is 1.81 bits per heavy atom. The van der Waals surface area contributed by atoms with Crippen molar-refractivity contribution < 1.29 is 4.74 Å². The summed E-state index contributed by atoms with van der Waals surface area (Å²) in [6, 6.07) is 0. The van der Waals surface area contributed by atoms with Crippen molar-refractivity contribution in [2.24, 2.45) is 4.99 Å². The van der Waals surface area contributed by atoms with Crippen molar-refractivity contribution in [3.63, 3.8) is 0 Å². The Hall–Kier alpha value is -0.730. The summed E-state index contributed by atoms with van der Waals surface area (Å²) in [6.07, 6.45) is 3.79. The van der Waals surface area contributed by atoms with Gasteiger partial charge in [0.2, 0.25) is 6.19 Å². The van der Waals surface area contributed by atoms with Crippen LogP contribution < -0.4 is 0 Å². The molecule has 0 N–H and O–H groups in total. The van der Waals surface area contributed by atoms with Crippen LogP contribution in [0, 0.1) is 11.5 Å². The average Bonchev–Trinajstić information content (AvgIpc) is 2.08. The van der Waals surface area contributed by atoms with E-state index in [1.54, 1.807) is 0 Å². The van der Waals surface area contributed by atoms with Gasteiger partial charge in [0.25, 0.3) is 0 Å². The molecule has 16 heavy (non-hydrogen) atoms. The molecule has 1 aliphatic heterocycles. The molecular formula is C11H19N3OS. The molecule has 1 saturated heterocycles. The zero-order chi connectivity index (χ0) is 12.4. The second-order valence-electron chi connectivity index (χ2n) is 5.18. The van der Waals surface area contributed by atoms with E-state index in [4.69, 9.17) is 10.00 Å². The number of nitrogens with zero attached hydrogens (tertiary/aromatic N) is 3.